The quantitative estimate of drug-likeness (QED) is 0.333. The number of aliphatic imine (C=N–C) groups is 1. The summed E-state index contributed by atoms with van der Waals surface area (Å²) in [5, 5.41) is 9.83. The zero-order valence-corrected chi connectivity index (χ0v) is 18.8. The third-order valence-corrected chi connectivity index (χ3v) is 4.57. The van der Waals surface area contributed by atoms with Gasteiger partial charge in [-0.25, -0.2) is 4.98 Å². The summed E-state index contributed by atoms with van der Waals surface area (Å²) in [6.07, 6.45) is 1.82. The van der Waals surface area contributed by atoms with Gasteiger partial charge in [-0.3, -0.25) is 4.99 Å². The fourth-order valence-corrected chi connectivity index (χ4v) is 3.05. The molecule has 2 aromatic rings. The van der Waals surface area contributed by atoms with Gasteiger partial charge in [0.2, 0.25) is 0 Å². The van der Waals surface area contributed by atoms with E-state index in [-0.39, 0.29) is 24.0 Å². The Morgan fingerprint density at radius 1 is 1.19 bits per heavy atom. The minimum absolute atomic E-state index is 0. The molecular weight excluding hydrogens is 463 g/mol. The average molecular weight is 490 g/mol. The first-order valence-electron chi connectivity index (χ1n) is 8.40. The number of hydrogen-bond acceptors (Lipinski definition) is 5. The van der Waals surface area contributed by atoms with Crippen molar-refractivity contribution >= 4 is 47.0 Å². The Labute approximate surface area is 176 Å². The van der Waals surface area contributed by atoms with Crippen molar-refractivity contribution in [3.05, 3.63) is 34.3 Å². The second-order valence-electron chi connectivity index (χ2n) is 5.29. The fourth-order valence-electron chi connectivity index (χ4n) is 2.27. The van der Waals surface area contributed by atoms with Crippen molar-refractivity contribution in [2.24, 2.45) is 4.99 Å². The fraction of sp³-hybridized carbons (Fsp3) is 0.444. The van der Waals surface area contributed by atoms with Gasteiger partial charge in [0.25, 0.3) is 0 Å². The topological polar surface area (TPSA) is 67.8 Å². The van der Waals surface area contributed by atoms with Crippen LogP contribution in [0.5, 0.6) is 11.5 Å². The standard InChI is InChI=1S/C18H26N4O2S.HI/c1-5-17-21-14(12-25-17)9-10-20-18(19-6-2)22-13-7-8-15(23-3)16(11-13)24-4;/h7-8,11-12H,5-6,9-10H2,1-4H3,(H2,19,20,22);1H. The van der Waals surface area contributed by atoms with Gasteiger partial charge in [-0.2, -0.15) is 0 Å². The molecule has 1 aromatic carbocycles. The van der Waals surface area contributed by atoms with Crippen LogP contribution in [-0.2, 0) is 12.8 Å². The number of hydrogen-bond donors (Lipinski definition) is 2. The summed E-state index contributed by atoms with van der Waals surface area (Å²) in [6, 6.07) is 5.69. The second-order valence-corrected chi connectivity index (χ2v) is 6.23. The van der Waals surface area contributed by atoms with Crippen LogP contribution >= 0.6 is 35.3 Å². The summed E-state index contributed by atoms with van der Waals surface area (Å²) in [6.45, 7) is 5.63. The van der Waals surface area contributed by atoms with Gasteiger partial charge in [-0.1, -0.05) is 6.92 Å². The Kier molecular flexibility index (Phi) is 10.3. The van der Waals surface area contributed by atoms with Crippen molar-refractivity contribution < 1.29 is 9.47 Å². The van der Waals surface area contributed by atoms with Crippen LogP contribution in [0.15, 0.2) is 28.6 Å². The van der Waals surface area contributed by atoms with Crippen LogP contribution < -0.4 is 20.1 Å². The number of thiazole rings is 1. The first-order valence-corrected chi connectivity index (χ1v) is 9.28. The van der Waals surface area contributed by atoms with E-state index in [1.54, 1.807) is 25.6 Å². The molecule has 144 valence electrons. The Balaban J connectivity index is 0.00000338. The molecule has 26 heavy (non-hydrogen) atoms. The van der Waals surface area contributed by atoms with Gasteiger partial charge in [-0.15, -0.1) is 35.3 Å². The summed E-state index contributed by atoms with van der Waals surface area (Å²) in [5.74, 6) is 2.11. The van der Waals surface area contributed by atoms with Crippen LogP contribution in [0.3, 0.4) is 0 Å². The summed E-state index contributed by atoms with van der Waals surface area (Å²) < 4.78 is 10.6. The Hall–Kier alpha value is -1.55. The maximum Gasteiger partial charge on any atom is 0.195 e. The number of anilines is 1. The molecule has 1 heterocycles. The maximum absolute atomic E-state index is 5.34. The number of rotatable bonds is 8. The molecule has 0 saturated heterocycles. The number of benzene rings is 1. The molecule has 6 nitrogen and oxygen atoms in total. The number of guanidine groups is 1. The van der Waals surface area contributed by atoms with Crippen molar-refractivity contribution in [1.82, 2.24) is 10.3 Å². The molecule has 0 aliphatic carbocycles. The van der Waals surface area contributed by atoms with Gasteiger partial charge in [-0.05, 0) is 25.5 Å². The van der Waals surface area contributed by atoms with Crippen LogP contribution in [0, 0.1) is 0 Å². The van der Waals surface area contributed by atoms with E-state index in [0.29, 0.717) is 18.0 Å². The second kappa shape index (κ2) is 11.9. The van der Waals surface area contributed by atoms with Gasteiger partial charge in [0, 0.05) is 36.6 Å². The monoisotopic (exact) mass is 490 g/mol. The molecule has 0 bridgehead atoms. The molecule has 0 spiro atoms. The highest BCUT2D eigenvalue weighted by Gasteiger charge is 2.06. The van der Waals surface area contributed by atoms with E-state index in [2.05, 4.69) is 32.9 Å². The number of ether oxygens (including phenoxy) is 2. The SMILES string of the molecule is CCNC(=NCCc1csc(CC)n1)Nc1ccc(OC)c(OC)c1.I. The molecule has 0 radical (unpaired) electrons. The van der Waals surface area contributed by atoms with E-state index in [4.69, 9.17) is 9.47 Å². The predicted molar refractivity (Wildman–Crippen MR) is 120 cm³/mol. The zero-order chi connectivity index (χ0) is 18.1. The van der Waals surface area contributed by atoms with E-state index in [9.17, 15) is 0 Å². The molecule has 0 saturated carbocycles. The van der Waals surface area contributed by atoms with Crippen molar-refractivity contribution in [3.8, 4) is 11.5 Å². The number of nitrogens with zero attached hydrogens (tertiary/aromatic N) is 2. The molecule has 1 aromatic heterocycles. The van der Waals surface area contributed by atoms with Crippen LogP contribution in [0.2, 0.25) is 0 Å². The largest absolute Gasteiger partial charge is 0.493 e. The smallest absolute Gasteiger partial charge is 0.195 e. The predicted octanol–water partition coefficient (Wildman–Crippen LogP) is 3.96. The van der Waals surface area contributed by atoms with E-state index < -0.39 is 0 Å². The number of halogens is 1. The van der Waals surface area contributed by atoms with Gasteiger partial charge in [0.1, 0.15) is 0 Å². The summed E-state index contributed by atoms with van der Waals surface area (Å²) in [5.41, 5.74) is 1.99. The number of aromatic nitrogens is 1. The highest BCUT2D eigenvalue weighted by molar-refractivity contribution is 14.0. The Morgan fingerprint density at radius 3 is 2.58 bits per heavy atom. The highest BCUT2D eigenvalue weighted by Crippen LogP contribution is 2.29. The molecular formula is C18H27IN4O2S. The molecule has 0 unspecified atom stereocenters. The number of nitrogens with one attached hydrogen (secondary N) is 2. The van der Waals surface area contributed by atoms with Crippen LogP contribution in [0.4, 0.5) is 5.69 Å². The lowest BCUT2D eigenvalue weighted by Crippen LogP contribution is -2.30. The average Bonchev–Trinajstić information content (AvgIpc) is 3.09. The third kappa shape index (κ3) is 6.64. The molecule has 0 atom stereocenters. The van der Waals surface area contributed by atoms with Gasteiger partial charge < -0.3 is 20.1 Å². The Bertz CT molecular complexity index is 706. The molecule has 0 aliphatic heterocycles. The number of aryl methyl sites for hydroxylation is 1. The minimum Gasteiger partial charge on any atom is -0.493 e. The van der Waals surface area contributed by atoms with Crippen LogP contribution in [-0.4, -0.2) is 38.3 Å². The molecule has 8 heteroatoms. The lowest BCUT2D eigenvalue weighted by atomic mass is 10.2. The lowest BCUT2D eigenvalue weighted by Gasteiger charge is -2.13. The zero-order valence-electron chi connectivity index (χ0n) is 15.7. The summed E-state index contributed by atoms with van der Waals surface area (Å²) in [4.78, 5) is 9.20. The summed E-state index contributed by atoms with van der Waals surface area (Å²) >= 11 is 1.71. The van der Waals surface area contributed by atoms with E-state index in [0.717, 1.165) is 36.7 Å². The van der Waals surface area contributed by atoms with Crippen LogP contribution in [0.25, 0.3) is 0 Å². The van der Waals surface area contributed by atoms with Gasteiger partial charge in [0.05, 0.1) is 24.9 Å². The van der Waals surface area contributed by atoms with Gasteiger partial charge in [0.15, 0.2) is 17.5 Å². The van der Waals surface area contributed by atoms with Gasteiger partial charge >= 0.3 is 0 Å². The van der Waals surface area contributed by atoms with Crippen molar-refractivity contribution in [2.45, 2.75) is 26.7 Å². The normalized spacial score (nSPS) is 10.8. The van der Waals surface area contributed by atoms with Crippen LogP contribution in [0.1, 0.15) is 24.5 Å². The summed E-state index contributed by atoms with van der Waals surface area (Å²) in [7, 11) is 3.25. The van der Waals surface area contributed by atoms with E-state index in [1.165, 1.54) is 5.01 Å². The molecule has 2 rings (SSSR count). The first kappa shape index (κ1) is 22.5. The highest BCUT2D eigenvalue weighted by atomic mass is 127. The van der Waals surface area contributed by atoms with Crippen molar-refractivity contribution in [3.63, 3.8) is 0 Å². The maximum atomic E-state index is 5.34. The lowest BCUT2D eigenvalue weighted by molar-refractivity contribution is 0.355. The molecule has 0 amide bonds. The molecule has 2 N–H and O–H groups in total. The molecule has 0 aliphatic rings. The first-order chi connectivity index (χ1) is 12.2. The minimum atomic E-state index is 0. The third-order valence-electron chi connectivity index (χ3n) is 3.53. The Morgan fingerprint density at radius 2 is 1.96 bits per heavy atom. The molecule has 0 fully saturated rings. The number of methoxy groups -OCH3 is 2. The van der Waals surface area contributed by atoms with E-state index in [1.807, 2.05) is 25.1 Å². The van der Waals surface area contributed by atoms with Crippen molar-refractivity contribution in [2.75, 3.05) is 32.6 Å². The van der Waals surface area contributed by atoms with Crippen molar-refractivity contribution in [1.29, 1.82) is 0 Å². The van der Waals surface area contributed by atoms with E-state index >= 15 is 0 Å².